The van der Waals surface area contributed by atoms with Gasteiger partial charge in [-0.05, 0) is 35.2 Å². The zero-order valence-corrected chi connectivity index (χ0v) is 18.2. The maximum Gasteiger partial charge on any atom is 0.248 e. The van der Waals surface area contributed by atoms with Gasteiger partial charge in [0.25, 0.3) is 0 Å². The molecule has 2 heterocycles. The van der Waals surface area contributed by atoms with Crippen LogP contribution in [-0.2, 0) is 10.2 Å². The average molecular weight is 425 g/mol. The second kappa shape index (κ2) is 7.38. The Morgan fingerprint density at radius 3 is 2.16 bits per heavy atom. The van der Waals surface area contributed by atoms with Crippen LogP contribution in [0.1, 0.15) is 43.4 Å². The molecule has 160 valence electrons. The van der Waals surface area contributed by atoms with Gasteiger partial charge in [0.05, 0.1) is 11.4 Å². The molecule has 5 rings (SSSR count). The third-order valence-electron chi connectivity index (χ3n) is 5.86. The van der Waals surface area contributed by atoms with Gasteiger partial charge in [-0.1, -0.05) is 63.2 Å². The fourth-order valence-corrected chi connectivity index (χ4v) is 4.37. The van der Waals surface area contributed by atoms with Gasteiger partial charge in [-0.2, -0.15) is 0 Å². The molecule has 0 saturated heterocycles. The topological polar surface area (TPSA) is 71.2 Å². The maximum atomic E-state index is 13.5. The van der Waals surface area contributed by atoms with Gasteiger partial charge in [-0.3, -0.25) is 9.59 Å². The molecule has 0 atom stereocenters. The Labute approximate surface area is 186 Å². The van der Waals surface area contributed by atoms with E-state index in [1.807, 2.05) is 66.7 Å². The lowest BCUT2D eigenvalue weighted by molar-refractivity contribution is -0.116. The van der Waals surface area contributed by atoms with Crippen molar-refractivity contribution in [2.24, 2.45) is 0 Å². The van der Waals surface area contributed by atoms with Gasteiger partial charge in [0.1, 0.15) is 11.5 Å². The summed E-state index contributed by atoms with van der Waals surface area (Å²) in [7, 11) is 0. The number of pyridine rings is 1. The fourth-order valence-electron chi connectivity index (χ4n) is 4.37. The molecule has 0 unspecified atom stereocenters. The minimum absolute atomic E-state index is 0.151. The van der Waals surface area contributed by atoms with Crippen molar-refractivity contribution in [3.05, 3.63) is 99.8 Å². The molecule has 5 nitrogen and oxygen atoms in total. The standard InChI is InChI=1S/C27H24N2O3/c1-27(2,3)20-15-24(30)29-21-14-16(12-13-17(20)21)28-26(31)25-18-8-4-6-10-22(18)32-23-11-7-5-9-19(23)25/h4-15,25H,1-3H3,(H,28,31)(H,29,30). The number of aromatic amines is 1. The van der Waals surface area contributed by atoms with Gasteiger partial charge < -0.3 is 15.0 Å². The average Bonchev–Trinajstić information content (AvgIpc) is 2.75. The highest BCUT2D eigenvalue weighted by Crippen LogP contribution is 2.44. The van der Waals surface area contributed by atoms with Crippen LogP contribution in [0.15, 0.2) is 77.6 Å². The van der Waals surface area contributed by atoms with Gasteiger partial charge in [-0.15, -0.1) is 0 Å². The molecule has 32 heavy (non-hydrogen) atoms. The molecule has 0 bridgehead atoms. The van der Waals surface area contributed by atoms with Crippen molar-refractivity contribution in [3.8, 4) is 11.5 Å². The van der Waals surface area contributed by atoms with Crippen LogP contribution in [0.3, 0.4) is 0 Å². The molecule has 3 aromatic carbocycles. The van der Waals surface area contributed by atoms with E-state index in [1.54, 1.807) is 6.07 Å². The number of rotatable bonds is 2. The lowest BCUT2D eigenvalue weighted by Gasteiger charge is -2.27. The van der Waals surface area contributed by atoms with E-state index in [0.717, 1.165) is 22.1 Å². The monoisotopic (exact) mass is 424 g/mol. The summed E-state index contributed by atoms with van der Waals surface area (Å²) < 4.78 is 6.00. The molecular weight excluding hydrogens is 400 g/mol. The summed E-state index contributed by atoms with van der Waals surface area (Å²) in [6, 6.07) is 22.5. The molecule has 1 amide bonds. The molecule has 0 fully saturated rings. The third-order valence-corrected chi connectivity index (χ3v) is 5.86. The highest BCUT2D eigenvalue weighted by Gasteiger charge is 2.32. The van der Waals surface area contributed by atoms with Crippen LogP contribution in [0.5, 0.6) is 11.5 Å². The maximum absolute atomic E-state index is 13.5. The van der Waals surface area contributed by atoms with E-state index in [4.69, 9.17) is 4.74 Å². The number of anilines is 1. The molecule has 0 spiro atoms. The number of fused-ring (bicyclic) bond motifs is 3. The molecule has 5 heteroatoms. The van der Waals surface area contributed by atoms with Gasteiger partial charge in [0.2, 0.25) is 11.5 Å². The zero-order valence-electron chi connectivity index (χ0n) is 18.2. The summed E-state index contributed by atoms with van der Waals surface area (Å²) in [5.74, 6) is 0.724. The van der Waals surface area contributed by atoms with Crippen molar-refractivity contribution in [2.45, 2.75) is 32.1 Å². The number of hydrogen-bond acceptors (Lipinski definition) is 3. The van der Waals surface area contributed by atoms with E-state index in [-0.39, 0.29) is 16.9 Å². The van der Waals surface area contributed by atoms with Crippen LogP contribution < -0.4 is 15.6 Å². The molecule has 0 aliphatic carbocycles. The lowest BCUT2D eigenvalue weighted by atomic mass is 9.85. The smallest absolute Gasteiger partial charge is 0.248 e. The highest BCUT2D eigenvalue weighted by atomic mass is 16.5. The number of para-hydroxylation sites is 2. The van der Waals surface area contributed by atoms with E-state index in [1.165, 1.54) is 0 Å². The first kappa shape index (κ1) is 20.1. The van der Waals surface area contributed by atoms with Gasteiger partial charge in [0.15, 0.2) is 0 Å². The number of hydrogen-bond donors (Lipinski definition) is 2. The summed E-state index contributed by atoms with van der Waals surface area (Å²) >= 11 is 0. The first-order valence-electron chi connectivity index (χ1n) is 10.7. The van der Waals surface area contributed by atoms with Crippen molar-refractivity contribution in [2.75, 3.05) is 5.32 Å². The summed E-state index contributed by atoms with van der Waals surface area (Å²) in [4.78, 5) is 28.6. The summed E-state index contributed by atoms with van der Waals surface area (Å²) in [6.07, 6.45) is 0. The van der Waals surface area contributed by atoms with Crippen LogP contribution in [0.2, 0.25) is 0 Å². The van der Waals surface area contributed by atoms with Gasteiger partial charge in [-0.25, -0.2) is 0 Å². The SMILES string of the molecule is CC(C)(C)c1cc(=O)[nH]c2cc(NC(=O)C3c4ccccc4Oc4ccccc43)ccc12. The second-order valence-electron chi connectivity index (χ2n) is 9.16. The predicted molar refractivity (Wildman–Crippen MR) is 127 cm³/mol. The molecule has 0 radical (unpaired) electrons. The second-order valence-corrected chi connectivity index (χ2v) is 9.16. The summed E-state index contributed by atoms with van der Waals surface area (Å²) in [6.45, 7) is 6.24. The van der Waals surface area contributed by atoms with Crippen molar-refractivity contribution < 1.29 is 9.53 Å². The first-order valence-corrected chi connectivity index (χ1v) is 10.7. The third kappa shape index (κ3) is 3.46. The minimum Gasteiger partial charge on any atom is -0.457 e. The Kier molecular flexibility index (Phi) is 4.63. The highest BCUT2D eigenvalue weighted by molar-refractivity contribution is 6.01. The minimum atomic E-state index is -0.494. The van der Waals surface area contributed by atoms with Gasteiger partial charge >= 0.3 is 0 Å². The number of aromatic nitrogens is 1. The molecular formula is C27H24N2O3. The van der Waals surface area contributed by atoms with Crippen molar-refractivity contribution >= 4 is 22.5 Å². The first-order chi connectivity index (χ1) is 15.3. The van der Waals surface area contributed by atoms with Crippen LogP contribution in [0.25, 0.3) is 10.9 Å². The van der Waals surface area contributed by atoms with Crippen molar-refractivity contribution in [1.82, 2.24) is 4.98 Å². The van der Waals surface area contributed by atoms with Crippen molar-refractivity contribution in [1.29, 1.82) is 0 Å². The van der Waals surface area contributed by atoms with E-state index in [0.29, 0.717) is 22.7 Å². The molecule has 4 aromatic rings. The lowest BCUT2D eigenvalue weighted by Crippen LogP contribution is -2.25. The molecule has 1 aliphatic heterocycles. The van der Waals surface area contributed by atoms with Crippen LogP contribution in [0, 0.1) is 0 Å². The number of carbonyl (C=O) groups excluding carboxylic acids is 1. The number of nitrogens with one attached hydrogen (secondary N) is 2. The normalized spacial score (nSPS) is 13.2. The Bertz CT molecular complexity index is 1370. The van der Waals surface area contributed by atoms with E-state index >= 15 is 0 Å². The van der Waals surface area contributed by atoms with Crippen LogP contribution in [0.4, 0.5) is 5.69 Å². The summed E-state index contributed by atoms with van der Waals surface area (Å²) in [5, 5.41) is 4.02. The Morgan fingerprint density at radius 1 is 0.906 bits per heavy atom. The molecule has 0 saturated carbocycles. The number of ether oxygens (including phenoxy) is 1. The summed E-state index contributed by atoms with van der Waals surface area (Å²) in [5.41, 5.74) is 3.63. The van der Waals surface area contributed by atoms with E-state index in [2.05, 4.69) is 31.1 Å². The van der Waals surface area contributed by atoms with Crippen LogP contribution in [-0.4, -0.2) is 10.9 Å². The number of carbonyl (C=O) groups is 1. The predicted octanol–water partition coefficient (Wildman–Crippen LogP) is 5.70. The zero-order chi connectivity index (χ0) is 22.5. The van der Waals surface area contributed by atoms with Gasteiger partial charge in [0, 0.05) is 28.3 Å². The van der Waals surface area contributed by atoms with Crippen LogP contribution >= 0.6 is 0 Å². The molecule has 2 N–H and O–H groups in total. The quantitative estimate of drug-likeness (QED) is 0.433. The van der Waals surface area contributed by atoms with E-state index in [9.17, 15) is 9.59 Å². The Hall–Kier alpha value is -3.86. The molecule has 1 aromatic heterocycles. The van der Waals surface area contributed by atoms with E-state index < -0.39 is 5.92 Å². The number of benzene rings is 3. The number of amides is 1. The molecule has 1 aliphatic rings. The van der Waals surface area contributed by atoms with Crippen molar-refractivity contribution in [3.63, 3.8) is 0 Å². The number of H-pyrrole nitrogens is 1. The Balaban J connectivity index is 1.54. The fraction of sp³-hybridized carbons (Fsp3) is 0.185. The Morgan fingerprint density at radius 2 is 1.53 bits per heavy atom. The largest absolute Gasteiger partial charge is 0.457 e.